The number of hydrogen-bond donors (Lipinski definition) is 0. The zero-order valence-electron chi connectivity index (χ0n) is 11.0. The summed E-state index contributed by atoms with van der Waals surface area (Å²) in [5.74, 6) is 0. The van der Waals surface area contributed by atoms with Gasteiger partial charge in [0.1, 0.15) is 11.1 Å². The van der Waals surface area contributed by atoms with E-state index in [2.05, 4.69) is 11.1 Å². The fraction of sp³-hybridized carbons (Fsp3) is 0.286. The molecule has 0 spiro atoms. The maximum atomic E-state index is 10.6. The minimum absolute atomic E-state index is 0.0763. The standard InChI is InChI=1S/C14H11N3O2S2/c15-6-12-11-3-1-2-4-13(11)21-14(12)16-7-10-5-9(8-20-10)17(18)19/h5,7-8H,1-4H2. The van der Waals surface area contributed by atoms with E-state index < -0.39 is 4.92 Å². The topological polar surface area (TPSA) is 79.3 Å². The van der Waals surface area contributed by atoms with Crippen LogP contribution in [0, 0.1) is 21.4 Å². The summed E-state index contributed by atoms with van der Waals surface area (Å²) in [5.41, 5.74) is 1.91. The third-order valence-corrected chi connectivity index (χ3v) is 5.44. The molecule has 106 valence electrons. The number of nitriles is 1. The number of rotatable bonds is 3. The van der Waals surface area contributed by atoms with Crippen molar-refractivity contribution in [1.82, 2.24) is 0 Å². The summed E-state index contributed by atoms with van der Waals surface area (Å²) in [5, 5.41) is 22.2. The van der Waals surface area contributed by atoms with Gasteiger partial charge in [-0.05, 0) is 31.2 Å². The SMILES string of the molecule is N#Cc1c(N=Cc2cc([N+](=O)[O-])cs2)sc2c1CCCC2. The fourth-order valence-electron chi connectivity index (χ4n) is 2.39. The van der Waals surface area contributed by atoms with E-state index in [-0.39, 0.29) is 5.69 Å². The van der Waals surface area contributed by atoms with E-state index in [0.717, 1.165) is 34.7 Å². The van der Waals surface area contributed by atoms with Crippen LogP contribution in [0.15, 0.2) is 16.4 Å². The van der Waals surface area contributed by atoms with Gasteiger partial charge in [-0.1, -0.05) is 0 Å². The van der Waals surface area contributed by atoms with Crippen molar-refractivity contribution in [2.45, 2.75) is 25.7 Å². The normalized spacial score (nSPS) is 14.0. The highest BCUT2D eigenvalue weighted by Gasteiger charge is 2.20. The molecule has 1 aliphatic rings. The van der Waals surface area contributed by atoms with E-state index in [1.54, 1.807) is 17.6 Å². The molecular formula is C14H11N3O2S2. The van der Waals surface area contributed by atoms with Gasteiger partial charge in [-0.15, -0.1) is 22.7 Å². The fourth-order valence-corrected chi connectivity index (χ4v) is 4.28. The molecule has 2 aromatic heterocycles. The molecule has 0 saturated heterocycles. The average molecular weight is 317 g/mol. The number of aryl methyl sites for hydroxylation is 1. The Labute approximate surface area is 129 Å². The lowest BCUT2D eigenvalue weighted by Crippen LogP contribution is -1.99. The molecular weight excluding hydrogens is 306 g/mol. The first kappa shape index (κ1) is 13.9. The zero-order chi connectivity index (χ0) is 14.8. The van der Waals surface area contributed by atoms with E-state index in [0.29, 0.717) is 5.56 Å². The first-order chi connectivity index (χ1) is 10.2. The molecule has 0 unspecified atom stereocenters. The number of thiophene rings is 2. The van der Waals surface area contributed by atoms with Crippen LogP contribution in [0.2, 0.25) is 0 Å². The molecule has 0 fully saturated rings. The van der Waals surface area contributed by atoms with E-state index >= 15 is 0 Å². The van der Waals surface area contributed by atoms with Crippen molar-refractivity contribution in [3.63, 3.8) is 0 Å². The molecule has 3 rings (SSSR count). The third kappa shape index (κ3) is 2.73. The first-order valence-corrected chi connectivity index (χ1v) is 8.20. The molecule has 1 aliphatic carbocycles. The Morgan fingerprint density at radius 1 is 1.43 bits per heavy atom. The van der Waals surface area contributed by atoms with Gasteiger partial charge in [-0.25, -0.2) is 4.99 Å². The molecule has 5 nitrogen and oxygen atoms in total. The highest BCUT2D eigenvalue weighted by Crippen LogP contribution is 2.39. The lowest BCUT2D eigenvalue weighted by atomic mass is 9.96. The van der Waals surface area contributed by atoms with Gasteiger partial charge in [0.05, 0.1) is 20.7 Å². The van der Waals surface area contributed by atoms with E-state index in [9.17, 15) is 15.4 Å². The molecule has 0 saturated carbocycles. The van der Waals surface area contributed by atoms with Crippen LogP contribution < -0.4 is 0 Å². The second-order valence-corrected chi connectivity index (χ2v) is 6.75. The lowest BCUT2D eigenvalue weighted by Gasteiger charge is -2.09. The largest absolute Gasteiger partial charge is 0.280 e. The molecule has 0 aromatic carbocycles. The molecule has 0 bridgehead atoms. The summed E-state index contributed by atoms with van der Waals surface area (Å²) >= 11 is 2.85. The Balaban J connectivity index is 1.90. The molecule has 2 heterocycles. The Hall–Kier alpha value is -2.04. The van der Waals surface area contributed by atoms with Crippen molar-refractivity contribution in [3.05, 3.63) is 42.4 Å². The Morgan fingerprint density at radius 2 is 2.24 bits per heavy atom. The minimum Gasteiger partial charge on any atom is -0.258 e. The van der Waals surface area contributed by atoms with Crippen molar-refractivity contribution < 1.29 is 4.92 Å². The number of aliphatic imine (C=N–C) groups is 1. The van der Waals surface area contributed by atoms with Crippen molar-refractivity contribution in [2.24, 2.45) is 4.99 Å². The van der Waals surface area contributed by atoms with Crippen LogP contribution in [-0.2, 0) is 12.8 Å². The monoisotopic (exact) mass is 317 g/mol. The van der Waals surface area contributed by atoms with Gasteiger partial charge in [0.15, 0.2) is 0 Å². The van der Waals surface area contributed by atoms with E-state index in [1.165, 1.54) is 34.1 Å². The summed E-state index contributed by atoms with van der Waals surface area (Å²) < 4.78 is 0. The van der Waals surface area contributed by atoms with Crippen molar-refractivity contribution in [2.75, 3.05) is 0 Å². The Bertz CT molecular complexity index is 768. The van der Waals surface area contributed by atoms with Crippen molar-refractivity contribution in [3.8, 4) is 6.07 Å². The van der Waals surface area contributed by atoms with Crippen LogP contribution in [0.4, 0.5) is 10.7 Å². The first-order valence-electron chi connectivity index (χ1n) is 6.50. The van der Waals surface area contributed by atoms with Crippen LogP contribution in [-0.4, -0.2) is 11.1 Å². The zero-order valence-corrected chi connectivity index (χ0v) is 12.7. The minimum atomic E-state index is -0.418. The van der Waals surface area contributed by atoms with E-state index in [4.69, 9.17) is 0 Å². The Kier molecular flexibility index (Phi) is 3.82. The molecule has 7 heteroatoms. The highest BCUT2D eigenvalue weighted by atomic mass is 32.1. The maximum Gasteiger partial charge on any atom is 0.280 e. The van der Waals surface area contributed by atoms with Crippen molar-refractivity contribution >= 4 is 39.6 Å². The number of nitrogens with zero attached hydrogens (tertiary/aromatic N) is 3. The number of hydrogen-bond acceptors (Lipinski definition) is 6. The lowest BCUT2D eigenvalue weighted by molar-refractivity contribution is -0.384. The number of nitro groups is 1. The summed E-state index contributed by atoms with van der Waals surface area (Å²) in [6.07, 6.45) is 5.87. The van der Waals surface area contributed by atoms with Crippen LogP contribution >= 0.6 is 22.7 Å². The molecule has 2 aromatic rings. The van der Waals surface area contributed by atoms with Crippen LogP contribution in [0.25, 0.3) is 0 Å². The maximum absolute atomic E-state index is 10.6. The second kappa shape index (κ2) is 5.76. The van der Waals surface area contributed by atoms with Crippen LogP contribution in [0.5, 0.6) is 0 Å². The van der Waals surface area contributed by atoms with Gasteiger partial charge in [-0.2, -0.15) is 5.26 Å². The predicted octanol–water partition coefficient (Wildman–Crippen LogP) is 4.22. The summed E-state index contributed by atoms with van der Waals surface area (Å²) in [7, 11) is 0. The molecule has 0 aliphatic heterocycles. The molecule has 0 amide bonds. The van der Waals surface area contributed by atoms with Gasteiger partial charge in [-0.3, -0.25) is 10.1 Å². The second-order valence-electron chi connectivity index (χ2n) is 4.73. The van der Waals surface area contributed by atoms with Gasteiger partial charge < -0.3 is 0 Å². The van der Waals surface area contributed by atoms with Crippen LogP contribution in [0.1, 0.15) is 33.7 Å². The molecule has 0 N–H and O–H groups in total. The van der Waals surface area contributed by atoms with E-state index in [1.807, 2.05) is 0 Å². The van der Waals surface area contributed by atoms with Gasteiger partial charge in [0.25, 0.3) is 5.69 Å². The highest BCUT2D eigenvalue weighted by molar-refractivity contribution is 7.16. The summed E-state index contributed by atoms with van der Waals surface area (Å²) in [6, 6.07) is 3.75. The summed E-state index contributed by atoms with van der Waals surface area (Å²) in [4.78, 5) is 16.6. The van der Waals surface area contributed by atoms with Crippen molar-refractivity contribution in [1.29, 1.82) is 5.26 Å². The molecule has 21 heavy (non-hydrogen) atoms. The van der Waals surface area contributed by atoms with Gasteiger partial charge in [0, 0.05) is 17.2 Å². The van der Waals surface area contributed by atoms with Crippen LogP contribution in [0.3, 0.4) is 0 Å². The quantitative estimate of drug-likeness (QED) is 0.483. The molecule has 0 atom stereocenters. The smallest absolute Gasteiger partial charge is 0.258 e. The van der Waals surface area contributed by atoms with Gasteiger partial charge in [0.2, 0.25) is 0 Å². The van der Waals surface area contributed by atoms with Gasteiger partial charge >= 0.3 is 0 Å². The third-order valence-electron chi connectivity index (χ3n) is 3.39. The average Bonchev–Trinajstić information content (AvgIpc) is 3.09. The predicted molar refractivity (Wildman–Crippen MR) is 83.9 cm³/mol. The molecule has 0 radical (unpaired) electrons. The number of fused-ring (bicyclic) bond motifs is 1. The Morgan fingerprint density at radius 3 is 2.95 bits per heavy atom. The summed E-state index contributed by atoms with van der Waals surface area (Å²) in [6.45, 7) is 0.